The first-order valence-electron chi connectivity index (χ1n) is 5.77. The van der Waals surface area contributed by atoms with Crippen LogP contribution in [0.25, 0.3) is 0 Å². The number of thioether (sulfide) groups is 1. The Morgan fingerprint density at radius 1 is 1.59 bits per heavy atom. The van der Waals surface area contributed by atoms with Gasteiger partial charge in [-0.1, -0.05) is 22.0 Å². The van der Waals surface area contributed by atoms with Crippen LogP contribution in [0, 0.1) is 5.82 Å². The molecule has 2 atom stereocenters. The lowest BCUT2D eigenvalue weighted by atomic mass is 9.93. The molecule has 0 radical (unpaired) electrons. The summed E-state index contributed by atoms with van der Waals surface area (Å²) in [4.78, 5) is 0. The summed E-state index contributed by atoms with van der Waals surface area (Å²) < 4.78 is 14.3. The van der Waals surface area contributed by atoms with Crippen LogP contribution >= 0.6 is 27.7 Å². The van der Waals surface area contributed by atoms with Gasteiger partial charge in [0.1, 0.15) is 5.82 Å². The first kappa shape index (κ1) is 13.4. The van der Waals surface area contributed by atoms with E-state index in [2.05, 4.69) is 22.9 Å². The van der Waals surface area contributed by atoms with E-state index in [1.165, 1.54) is 6.07 Å². The summed E-state index contributed by atoms with van der Waals surface area (Å²) in [6.45, 7) is 2.08. The molecule has 1 nitrogen and oxygen atoms in total. The predicted molar refractivity (Wildman–Crippen MR) is 73.9 cm³/mol. The van der Waals surface area contributed by atoms with E-state index in [-0.39, 0.29) is 10.6 Å². The molecular weight excluding hydrogens is 303 g/mol. The van der Waals surface area contributed by atoms with Crippen LogP contribution in [0.1, 0.15) is 25.3 Å². The molecule has 1 N–H and O–H groups in total. The Kier molecular flexibility index (Phi) is 4.16. The zero-order chi connectivity index (χ0) is 12.5. The maximum absolute atomic E-state index is 13.7. The molecule has 0 amide bonds. The summed E-state index contributed by atoms with van der Waals surface area (Å²) in [5.74, 6) is 0.848. The third-order valence-electron chi connectivity index (χ3n) is 3.38. The number of hydrogen-bond acceptors (Lipinski definition) is 2. The van der Waals surface area contributed by atoms with E-state index in [1.54, 1.807) is 17.8 Å². The summed E-state index contributed by atoms with van der Waals surface area (Å²) in [5.41, 5.74) is 0.592. The van der Waals surface area contributed by atoms with Crippen LogP contribution in [0.2, 0.25) is 0 Å². The largest absolute Gasteiger partial charge is 0.391 e. The lowest BCUT2D eigenvalue weighted by Crippen LogP contribution is -2.35. The van der Waals surface area contributed by atoms with E-state index < -0.39 is 6.10 Å². The van der Waals surface area contributed by atoms with Crippen molar-refractivity contribution in [2.75, 3.05) is 5.75 Å². The molecule has 2 unspecified atom stereocenters. The van der Waals surface area contributed by atoms with Crippen molar-refractivity contribution in [1.29, 1.82) is 0 Å². The third kappa shape index (κ3) is 3.04. The number of halogens is 2. The van der Waals surface area contributed by atoms with Crippen LogP contribution in [0.5, 0.6) is 0 Å². The Morgan fingerprint density at radius 2 is 2.35 bits per heavy atom. The molecule has 1 heterocycles. The molecule has 1 saturated heterocycles. The molecule has 94 valence electrons. The van der Waals surface area contributed by atoms with Crippen LogP contribution in [0.15, 0.2) is 22.7 Å². The minimum Gasteiger partial charge on any atom is -0.391 e. The number of aliphatic hydroxyl groups is 1. The molecule has 17 heavy (non-hydrogen) atoms. The number of benzene rings is 1. The van der Waals surface area contributed by atoms with Crippen LogP contribution in [0.3, 0.4) is 0 Å². The fourth-order valence-electron chi connectivity index (χ4n) is 2.17. The van der Waals surface area contributed by atoms with Crippen molar-refractivity contribution in [1.82, 2.24) is 0 Å². The Morgan fingerprint density at radius 3 is 2.94 bits per heavy atom. The van der Waals surface area contributed by atoms with Gasteiger partial charge in [-0.05, 0) is 43.2 Å². The highest BCUT2D eigenvalue weighted by atomic mass is 79.9. The highest BCUT2D eigenvalue weighted by Gasteiger charge is 2.37. The van der Waals surface area contributed by atoms with Gasteiger partial charge in [0.05, 0.1) is 6.10 Å². The van der Waals surface area contributed by atoms with Crippen LogP contribution < -0.4 is 0 Å². The maximum atomic E-state index is 13.7. The van der Waals surface area contributed by atoms with Gasteiger partial charge in [-0.3, -0.25) is 0 Å². The van der Waals surface area contributed by atoms with Crippen LogP contribution in [-0.4, -0.2) is 21.7 Å². The summed E-state index contributed by atoms with van der Waals surface area (Å²) in [6.07, 6.45) is 2.06. The Hall–Kier alpha value is -0.0600. The lowest BCUT2D eigenvalue weighted by Gasteiger charge is -2.29. The molecule has 1 aliphatic heterocycles. The van der Waals surface area contributed by atoms with Gasteiger partial charge in [0.2, 0.25) is 0 Å². The Bertz CT molecular complexity index is 404. The zero-order valence-electron chi connectivity index (χ0n) is 9.75. The van der Waals surface area contributed by atoms with Gasteiger partial charge in [-0.25, -0.2) is 4.39 Å². The minimum absolute atomic E-state index is 0.112. The van der Waals surface area contributed by atoms with E-state index in [0.29, 0.717) is 12.0 Å². The molecule has 0 aliphatic carbocycles. The molecule has 4 heteroatoms. The summed E-state index contributed by atoms with van der Waals surface area (Å²) in [7, 11) is 0. The van der Waals surface area contributed by atoms with E-state index in [4.69, 9.17) is 0 Å². The van der Waals surface area contributed by atoms with Crippen molar-refractivity contribution >= 4 is 27.7 Å². The van der Waals surface area contributed by atoms with Crippen LogP contribution in [0.4, 0.5) is 4.39 Å². The van der Waals surface area contributed by atoms with E-state index >= 15 is 0 Å². The molecule has 1 fully saturated rings. The van der Waals surface area contributed by atoms with Crippen molar-refractivity contribution in [3.63, 3.8) is 0 Å². The van der Waals surface area contributed by atoms with Crippen molar-refractivity contribution < 1.29 is 9.50 Å². The molecule has 0 saturated carbocycles. The monoisotopic (exact) mass is 318 g/mol. The summed E-state index contributed by atoms with van der Waals surface area (Å²) in [6, 6.07) is 5.01. The van der Waals surface area contributed by atoms with Gasteiger partial charge in [0, 0.05) is 15.6 Å². The SMILES string of the molecule is CC1(C(O)Cc2ccc(Br)cc2F)CCCS1. The highest BCUT2D eigenvalue weighted by molar-refractivity contribution is 9.10. The van der Waals surface area contributed by atoms with E-state index in [0.717, 1.165) is 23.1 Å². The molecule has 1 aliphatic rings. The molecule has 0 spiro atoms. The minimum atomic E-state index is -0.481. The van der Waals surface area contributed by atoms with Gasteiger partial charge in [0.25, 0.3) is 0 Å². The van der Waals surface area contributed by atoms with Gasteiger partial charge in [-0.2, -0.15) is 11.8 Å². The lowest BCUT2D eigenvalue weighted by molar-refractivity contribution is 0.132. The Balaban J connectivity index is 2.10. The Labute approximate surface area is 114 Å². The third-order valence-corrected chi connectivity index (χ3v) is 5.50. The van der Waals surface area contributed by atoms with Crippen molar-refractivity contribution in [3.05, 3.63) is 34.1 Å². The van der Waals surface area contributed by atoms with Gasteiger partial charge >= 0.3 is 0 Å². The standard InChI is InChI=1S/C13H16BrFOS/c1-13(5-2-6-17-13)12(16)7-9-3-4-10(14)8-11(9)15/h3-4,8,12,16H,2,5-7H2,1H3. The summed E-state index contributed by atoms with van der Waals surface area (Å²) in [5, 5.41) is 10.3. The van der Waals surface area contributed by atoms with Crippen molar-refractivity contribution in [2.45, 2.75) is 37.0 Å². The molecule has 0 bridgehead atoms. The van der Waals surface area contributed by atoms with Gasteiger partial charge in [-0.15, -0.1) is 0 Å². The quantitative estimate of drug-likeness (QED) is 0.915. The average Bonchev–Trinajstić information content (AvgIpc) is 2.71. The molecule has 1 aromatic rings. The first-order valence-corrected chi connectivity index (χ1v) is 7.55. The molecule has 2 rings (SSSR count). The number of hydrogen-bond donors (Lipinski definition) is 1. The second-order valence-electron chi connectivity index (χ2n) is 4.72. The van der Waals surface area contributed by atoms with Crippen molar-refractivity contribution in [3.8, 4) is 0 Å². The first-order chi connectivity index (χ1) is 8.01. The zero-order valence-corrected chi connectivity index (χ0v) is 12.2. The maximum Gasteiger partial charge on any atom is 0.127 e. The fourth-order valence-corrected chi connectivity index (χ4v) is 3.83. The summed E-state index contributed by atoms with van der Waals surface area (Å²) >= 11 is 5.03. The van der Waals surface area contributed by atoms with Crippen molar-refractivity contribution in [2.24, 2.45) is 0 Å². The van der Waals surface area contributed by atoms with Crippen LogP contribution in [-0.2, 0) is 6.42 Å². The van der Waals surface area contributed by atoms with E-state index in [1.807, 2.05) is 6.07 Å². The van der Waals surface area contributed by atoms with Gasteiger partial charge < -0.3 is 5.11 Å². The molecular formula is C13H16BrFOS. The molecule has 0 aromatic heterocycles. The highest BCUT2D eigenvalue weighted by Crippen LogP contribution is 2.41. The second kappa shape index (κ2) is 5.29. The molecule has 1 aromatic carbocycles. The van der Waals surface area contributed by atoms with E-state index in [9.17, 15) is 9.50 Å². The smallest absolute Gasteiger partial charge is 0.127 e. The topological polar surface area (TPSA) is 20.2 Å². The van der Waals surface area contributed by atoms with Gasteiger partial charge in [0.15, 0.2) is 0 Å². The fraction of sp³-hybridized carbons (Fsp3) is 0.538. The predicted octanol–water partition coefficient (Wildman–Crippen LogP) is 3.78. The number of rotatable bonds is 3. The average molecular weight is 319 g/mol. The normalized spacial score (nSPS) is 26.1. The second-order valence-corrected chi connectivity index (χ2v) is 7.27. The number of aliphatic hydroxyl groups excluding tert-OH is 1.